The average Bonchev–Trinajstić information content (AvgIpc) is 2.55. The lowest BCUT2D eigenvalue weighted by Crippen LogP contribution is -2.48. The first-order valence-electron chi connectivity index (χ1n) is 7.09. The van der Waals surface area contributed by atoms with Crippen LogP contribution >= 0.6 is 15.9 Å². The fraction of sp³-hybridized carbons (Fsp3) is 0.312. The summed E-state index contributed by atoms with van der Waals surface area (Å²) in [5.41, 5.74) is 0.635. The van der Waals surface area contributed by atoms with Crippen LogP contribution in [0.5, 0.6) is 0 Å². The average molecular weight is 359 g/mol. The Morgan fingerprint density at radius 3 is 2.68 bits per heavy atom. The Kier molecular flexibility index (Phi) is 3.99. The fourth-order valence-electron chi connectivity index (χ4n) is 2.83. The SMILES string of the molecule is CC(=O)N1CCN(c2ncc(Br)c3c(C#N)cccc23)CC1. The zero-order valence-electron chi connectivity index (χ0n) is 12.2. The molecule has 1 aliphatic rings. The number of pyridine rings is 1. The summed E-state index contributed by atoms with van der Waals surface area (Å²) in [5, 5.41) is 11.2. The minimum atomic E-state index is 0.111. The van der Waals surface area contributed by atoms with Crippen LogP contribution in [0.3, 0.4) is 0 Å². The maximum atomic E-state index is 11.4. The summed E-state index contributed by atoms with van der Waals surface area (Å²) in [4.78, 5) is 20.0. The van der Waals surface area contributed by atoms with E-state index >= 15 is 0 Å². The Labute approximate surface area is 137 Å². The molecule has 0 aliphatic carbocycles. The zero-order chi connectivity index (χ0) is 15.7. The zero-order valence-corrected chi connectivity index (χ0v) is 13.8. The van der Waals surface area contributed by atoms with Crippen LogP contribution in [0.25, 0.3) is 10.8 Å². The molecule has 0 bridgehead atoms. The highest BCUT2D eigenvalue weighted by Crippen LogP contribution is 2.32. The number of aromatic nitrogens is 1. The van der Waals surface area contributed by atoms with Crippen molar-refractivity contribution in [1.29, 1.82) is 5.26 Å². The molecule has 1 amide bonds. The molecule has 3 rings (SSSR count). The van der Waals surface area contributed by atoms with Crippen molar-refractivity contribution in [3.8, 4) is 6.07 Å². The van der Waals surface area contributed by atoms with Crippen LogP contribution in [0.4, 0.5) is 5.82 Å². The minimum Gasteiger partial charge on any atom is -0.353 e. The van der Waals surface area contributed by atoms with Crippen LogP contribution in [-0.2, 0) is 4.79 Å². The number of carbonyl (C=O) groups excluding carboxylic acids is 1. The van der Waals surface area contributed by atoms with Crippen molar-refractivity contribution in [1.82, 2.24) is 9.88 Å². The number of benzene rings is 1. The van der Waals surface area contributed by atoms with Crippen molar-refractivity contribution in [3.05, 3.63) is 34.4 Å². The molecule has 6 heteroatoms. The minimum absolute atomic E-state index is 0.111. The van der Waals surface area contributed by atoms with E-state index in [1.165, 1.54) is 0 Å². The summed E-state index contributed by atoms with van der Waals surface area (Å²) in [6, 6.07) is 7.91. The number of nitrogens with zero attached hydrogens (tertiary/aromatic N) is 4. The molecule has 1 aromatic heterocycles. The number of anilines is 1. The topological polar surface area (TPSA) is 60.2 Å². The molecular formula is C16H15BrN4O. The van der Waals surface area contributed by atoms with Crippen LogP contribution in [0.2, 0.25) is 0 Å². The molecule has 0 saturated carbocycles. The van der Waals surface area contributed by atoms with Gasteiger partial charge in [0.25, 0.3) is 0 Å². The molecule has 1 saturated heterocycles. The molecule has 1 aliphatic heterocycles. The van der Waals surface area contributed by atoms with E-state index in [1.807, 2.05) is 23.1 Å². The maximum absolute atomic E-state index is 11.4. The van der Waals surface area contributed by atoms with E-state index in [4.69, 9.17) is 0 Å². The van der Waals surface area contributed by atoms with Gasteiger partial charge in [0, 0.05) is 54.5 Å². The van der Waals surface area contributed by atoms with Gasteiger partial charge in [-0.15, -0.1) is 0 Å². The summed E-state index contributed by atoms with van der Waals surface area (Å²) in [6.07, 6.45) is 1.75. The lowest BCUT2D eigenvalue weighted by atomic mass is 10.1. The van der Waals surface area contributed by atoms with E-state index in [0.717, 1.165) is 34.2 Å². The van der Waals surface area contributed by atoms with Crippen molar-refractivity contribution in [2.75, 3.05) is 31.1 Å². The second kappa shape index (κ2) is 5.93. The van der Waals surface area contributed by atoms with E-state index in [-0.39, 0.29) is 5.91 Å². The van der Waals surface area contributed by atoms with Gasteiger partial charge in [0.05, 0.1) is 11.6 Å². The van der Waals surface area contributed by atoms with Crippen LogP contribution in [0.15, 0.2) is 28.9 Å². The first-order valence-corrected chi connectivity index (χ1v) is 7.89. The van der Waals surface area contributed by atoms with Crippen LogP contribution in [0, 0.1) is 11.3 Å². The van der Waals surface area contributed by atoms with Crippen molar-refractivity contribution < 1.29 is 4.79 Å². The summed E-state index contributed by atoms with van der Waals surface area (Å²) in [5.74, 6) is 0.985. The van der Waals surface area contributed by atoms with Gasteiger partial charge in [-0.25, -0.2) is 4.98 Å². The van der Waals surface area contributed by atoms with E-state index in [9.17, 15) is 10.1 Å². The van der Waals surface area contributed by atoms with Gasteiger partial charge in [-0.3, -0.25) is 4.79 Å². The Balaban J connectivity index is 2.01. The largest absolute Gasteiger partial charge is 0.353 e. The molecule has 22 heavy (non-hydrogen) atoms. The van der Waals surface area contributed by atoms with Gasteiger partial charge in [0.1, 0.15) is 5.82 Å². The number of carbonyl (C=O) groups is 1. The van der Waals surface area contributed by atoms with Gasteiger partial charge in [-0.05, 0) is 22.0 Å². The number of halogens is 1. The van der Waals surface area contributed by atoms with Gasteiger partial charge in [-0.1, -0.05) is 12.1 Å². The number of rotatable bonds is 1. The maximum Gasteiger partial charge on any atom is 0.219 e. The quantitative estimate of drug-likeness (QED) is 0.785. The van der Waals surface area contributed by atoms with Gasteiger partial charge < -0.3 is 9.80 Å². The highest BCUT2D eigenvalue weighted by molar-refractivity contribution is 9.10. The van der Waals surface area contributed by atoms with Crippen molar-refractivity contribution >= 4 is 38.4 Å². The van der Waals surface area contributed by atoms with Gasteiger partial charge in [0.2, 0.25) is 5.91 Å². The van der Waals surface area contributed by atoms with E-state index in [1.54, 1.807) is 13.1 Å². The Morgan fingerprint density at radius 1 is 1.32 bits per heavy atom. The molecule has 0 radical (unpaired) electrons. The Morgan fingerprint density at radius 2 is 2.05 bits per heavy atom. The third-order valence-electron chi connectivity index (χ3n) is 3.99. The Hall–Kier alpha value is -2.13. The molecule has 0 N–H and O–H groups in total. The molecule has 112 valence electrons. The predicted molar refractivity (Wildman–Crippen MR) is 88.6 cm³/mol. The molecule has 0 spiro atoms. The number of hydrogen-bond acceptors (Lipinski definition) is 4. The van der Waals surface area contributed by atoms with Crippen molar-refractivity contribution in [3.63, 3.8) is 0 Å². The molecule has 0 unspecified atom stereocenters. The normalized spacial score (nSPS) is 15.0. The van der Waals surface area contributed by atoms with E-state index in [0.29, 0.717) is 18.7 Å². The number of nitriles is 1. The molecule has 2 aromatic rings. The molecular weight excluding hydrogens is 344 g/mol. The highest BCUT2D eigenvalue weighted by Gasteiger charge is 2.22. The third kappa shape index (κ3) is 2.53. The van der Waals surface area contributed by atoms with Crippen LogP contribution in [0.1, 0.15) is 12.5 Å². The van der Waals surface area contributed by atoms with Crippen molar-refractivity contribution in [2.24, 2.45) is 0 Å². The van der Waals surface area contributed by atoms with E-state index < -0.39 is 0 Å². The van der Waals surface area contributed by atoms with Gasteiger partial charge >= 0.3 is 0 Å². The van der Waals surface area contributed by atoms with Crippen LogP contribution < -0.4 is 4.90 Å². The number of hydrogen-bond donors (Lipinski definition) is 0. The Bertz CT molecular complexity index is 776. The number of fused-ring (bicyclic) bond motifs is 1. The fourth-order valence-corrected chi connectivity index (χ4v) is 3.36. The monoisotopic (exact) mass is 358 g/mol. The first kappa shape index (κ1) is 14.8. The molecule has 2 heterocycles. The lowest BCUT2D eigenvalue weighted by Gasteiger charge is -2.35. The number of amides is 1. The van der Waals surface area contributed by atoms with Crippen LogP contribution in [-0.4, -0.2) is 42.0 Å². The lowest BCUT2D eigenvalue weighted by molar-refractivity contribution is -0.129. The summed E-state index contributed by atoms with van der Waals surface area (Å²) in [6.45, 7) is 4.50. The second-order valence-corrected chi connectivity index (χ2v) is 6.12. The summed E-state index contributed by atoms with van der Waals surface area (Å²) in [7, 11) is 0. The standard InChI is InChI=1S/C16H15BrN4O/c1-11(22)20-5-7-21(8-6-20)16-13-4-2-3-12(9-18)15(13)14(17)10-19-16/h2-4,10H,5-8H2,1H3. The molecule has 5 nitrogen and oxygen atoms in total. The molecule has 0 atom stereocenters. The third-order valence-corrected chi connectivity index (χ3v) is 4.59. The van der Waals surface area contributed by atoms with E-state index in [2.05, 4.69) is 31.9 Å². The van der Waals surface area contributed by atoms with Crippen molar-refractivity contribution in [2.45, 2.75) is 6.92 Å². The summed E-state index contributed by atoms with van der Waals surface area (Å²) < 4.78 is 0.825. The molecule has 1 aromatic carbocycles. The predicted octanol–water partition coefficient (Wildman–Crippen LogP) is 2.54. The second-order valence-electron chi connectivity index (χ2n) is 5.26. The number of piperazine rings is 1. The molecule has 1 fully saturated rings. The van der Waals surface area contributed by atoms with Gasteiger partial charge in [-0.2, -0.15) is 5.26 Å². The van der Waals surface area contributed by atoms with Gasteiger partial charge in [0.15, 0.2) is 0 Å². The first-order chi connectivity index (χ1) is 10.6. The smallest absolute Gasteiger partial charge is 0.219 e. The summed E-state index contributed by atoms with van der Waals surface area (Å²) >= 11 is 3.49. The highest BCUT2D eigenvalue weighted by atomic mass is 79.9.